The highest BCUT2D eigenvalue weighted by Crippen LogP contribution is 2.30. The van der Waals surface area contributed by atoms with E-state index >= 15 is 0 Å². The van der Waals surface area contributed by atoms with E-state index < -0.39 is 53.6 Å². The predicted octanol–water partition coefficient (Wildman–Crippen LogP) is -2.14. The first-order valence-corrected chi connectivity index (χ1v) is 8.76. The molecule has 0 aromatic carbocycles. The maximum Gasteiger partial charge on any atom is 0.330 e. The summed E-state index contributed by atoms with van der Waals surface area (Å²) in [5, 5.41) is 19.5. The summed E-state index contributed by atoms with van der Waals surface area (Å²) in [5.41, 5.74) is -0.921. The third kappa shape index (κ3) is 4.03. The molecule has 0 saturated carbocycles. The van der Waals surface area contributed by atoms with Crippen molar-refractivity contribution in [1.82, 2.24) is 9.55 Å². The summed E-state index contributed by atoms with van der Waals surface area (Å²) >= 11 is -1.07. The molecular formula is C13H20N2O7S. The van der Waals surface area contributed by atoms with E-state index in [-0.39, 0.29) is 12.4 Å². The zero-order valence-corrected chi connectivity index (χ0v) is 13.6. The first-order chi connectivity index (χ1) is 10.8. The molecular weight excluding hydrogens is 328 g/mol. The van der Waals surface area contributed by atoms with E-state index in [1.807, 2.05) is 0 Å². The Morgan fingerprint density at radius 3 is 2.83 bits per heavy atom. The van der Waals surface area contributed by atoms with Gasteiger partial charge in [0.15, 0.2) is 6.23 Å². The monoisotopic (exact) mass is 348 g/mol. The largest absolute Gasteiger partial charge is 0.616 e. The molecule has 1 aromatic heterocycles. The average Bonchev–Trinajstić information content (AvgIpc) is 2.79. The number of aromatic nitrogens is 2. The lowest BCUT2D eigenvalue weighted by Crippen LogP contribution is -2.40. The topological polar surface area (TPSA) is 137 Å². The van der Waals surface area contributed by atoms with E-state index in [0.717, 1.165) is 4.57 Å². The lowest BCUT2D eigenvalue weighted by atomic mass is 10.1. The number of hydrogen-bond donors (Lipinski definition) is 3. The molecule has 0 spiro atoms. The number of aryl methyl sites for hydroxylation is 1. The number of ether oxygens (including phenoxy) is 2. The molecule has 5 atom stereocenters. The molecule has 2 heterocycles. The number of rotatable bonds is 6. The van der Waals surface area contributed by atoms with Gasteiger partial charge in [-0.2, -0.15) is 0 Å². The molecule has 1 aliphatic heterocycles. The molecule has 1 aliphatic rings. The van der Waals surface area contributed by atoms with Gasteiger partial charge in [-0.25, -0.2) is 4.79 Å². The van der Waals surface area contributed by atoms with E-state index in [0.29, 0.717) is 5.56 Å². The molecule has 2 rings (SSSR count). The molecule has 9 nitrogen and oxygen atoms in total. The molecule has 10 heteroatoms. The van der Waals surface area contributed by atoms with Gasteiger partial charge in [0.05, 0.1) is 19.5 Å². The summed E-state index contributed by atoms with van der Waals surface area (Å²) in [6.45, 7) is 1.17. The van der Waals surface area contributed by atoms with Crippen LogP contribution in [0.5, 0.6) is 0 Å². The molecule has 1 aromatic rings. The van der Waals surface area contributed by atoms with Crippen molar-refractivity contribution in [1.29, 1.82) is 0 Å². The van der Waals surface area contributed by atoms with E-state index in [4.69, 9.17) is 9.47 Å². The minimum atomic E-state index is -1.16. The second kappa shape index (κ2) is 7.60. The van der Waals surface area contributed by atoms with Gasteiger partial charge in [0.1, 0.15) is 24.1 Å². The fraction of sp³-hybridized carbons (Fsp3) is 0.692. The fourth-order valence-corrected chi connectivity index (χ4v) is 2.68. The number of hydrogen-bond acceptors (Lipinski definition) is 7. The lowest BCUT2D eigenvalue weighted by Gasteiger charge is -2.22. The highest BCUT2D eigenvalue weighted by Gasteiger charge is 2.45. The van der Waals surface area contributed by atoms with Gasteiger partial charge in [0.2, 0.25) is 0 Å². The second-order valence-corrected chi connectivity index (χ2v) is 6.88. The molecule has 0 bridgehead atoms. The number of aromatic amines is 1. The number of H-pyrrole nitrogens is 1. The Kier molecular flexibility index (Phi) is 6.00. The van der Waals surface area contributed by atoms with Crippen molar-refractivity contribution in [2.75, 3.05) is 25.2 Å². The predicted molar refractivity (Wildman–Crippen MR) is 81.7 cm³/mol. The van der Waals surface area contributed by atoms with Gasteiger partial charge >= 0.3 is 5.69 Å². The van der Waals surface area contributed by atoms with Crippen LogP contribution in [-0.2, 0) is 20.6 Å². The van der Waals surface area contributed by atoms with E-state index in [1.165, 1.54) is 19.4 Å². The van der Waals surface area contributed by atoms with Crippen LogP contribution < -0.4 is 11.2 Å². The quantitative estimate of drug-likeness (QED) is 0.499. The smallest absolute Gasteiger partial charge is 0.330 e. The van der Waals surface area contributed by atoms with Crippen LogP contribution in [0.3, 0.4) is 0 Å². The zero-order valence-electron chi connectivity index (χ0n) is 12.8. The van der Waals surface area contributed by atoms with Crippen molar-refractivity contribution in [3.05, 3.63) is 32.6 Å². The zero-order chi connectivity index (χ0) is 17.1. The number of aliphatic hydroxyl groups excluding tert-OH is 2. The Morgan fingerprint density at radius 2 is 2.22 bits per heavy atom. The van der Waals surface area contributed by atoms with E-state index in [1.54, 1.807) is 0 Å². The number of nitrogens with one attached hydrogen (secondary N) is 1. The van der Waals surface area contributed by atoms with Gasteiger partial charge in [0, 0.05) is 11.8 Å². The third-order valence-corrected chi connectivity index (χ3v) is 4.34. The normalized spacial score (nSPS) is 28.9. The lowest BCUT2D eigenvalue weighted by molar-refractivity contribution is -0.0713. The minimum Gasteiger partial charge on any atom is -0.616 e. The van der Waals surface area contributed by atoms with Gasteiger partial charge < -0.3 is 24.2 Å². The highest BCUT2D eigenvalue weighted by atomic mass is 32.2. The van der Waals surface area contributed by atoms with Gasteiger partial charge in [0.25, 0.3) is 5.56 Å². The summed E-state index contributed by atoms with van der Waals surface area (Å²) in [7, 11) is 0. The number of aliphatic hydroxyl groups is 2. The molecule has 3 unspecified atom stereocenters. The summed E-state index contributed by atoms with van der Waals surface area (Å²) < 4.78 is 23.2. The molecule has 0 aliphatic carbocycles. The van der Waals surface area contributed by atoms with Crippen LogP contribution in [0, 0.1) is 6.92 Å². The van der Waals surface area contributed by atoms with Gasteiger partial charge in [-0.05, 0) is 6.92 Å². The Balaban J connectivity index is 2.28. The molecule has 1 fully saturated rings. The van der Waals surface area contributed by atoms with Crippen molar-refractivity contribution in [3.63, 3.8) is 0 Å². The van der Waals surface area contributed by atoms with Crippen molar-refractivity contribution >= 4 is 11.2 Å². The Bertz CT molecular complexity index is 644. The summed E-state index contributed by atoms with van der Waals surface area (Å²) in [6, 6.07) is 0. The van der Waals surface area contributed by atoms with Gasteiger partial charge in [-0.1, -0.05) is 11.2 Å². The van der Waals surface area contributed by atoms with E-state index in [2.05, 4.69) is 4.98 Å². The average molecular weight is 348 g/mol. The molecule has 0 amide bonds. The molecule has 130 valence electrons. The van der Waals surface area contributed by atoms with Crippen LogP contribution in [0.4, 0.5) is 0 Å². The van der Waals surface area contributed by atoms with Crippen LogP contribution in [0.25, 0.3) is 0 Å². The van der Waals surface area contributed by atoms with Crippen LogP contribution in [0.15, 0.2) is 15.8 Å². The Hall–Kier alpha value is -1.17. The van der Waals surface area contributed by atoms with Crippen molar-refractivity contribution in [3.8, 4) is 0 Å². The fourth-order valence-electron chi connectivity index (χ4n) is 2.35. The second-order valence-electron chi connectivity index (χ2n) is 5.33. The van der Waals surface area contributed by atoms with Gasteiger partial charge in [-0.3, -0.25) is 14.3 Å². The van der Waals surface area contributed by atoms with Gasteiger partial charge in [-0.15, -0.1) is 0 Å². The SMILES string of the molecule is Cc1cn([C@H]2O[C@@H](CO)C(O)C2OCC[S+](C)[O-])c(=O)[nH]c1=O. The number of nitrogens with zero attached hydrogens (tertiary/aromatic N) is 1. The van der Waals surface area contributed by atoms with Crippen LogP contribution >= 0.6 is 0 Å². The van der Waals surface area contributed by atoms with Crippen LogP contribution in [0.1, 0.15) is 11.8 Å². The Morgan fingerprint density at radius 1 is 1.52 bits per heavy atom. The van der Waals surface area contributed by atoms with Crippen molar-refractivity contribution in [2.45, 2.75) is 31.5 Å². The molecule has 3 N–H and O–H groups in total. The highest BCUT2D eigenvalue weighted by molar-refractivity contribution is 7.90. The van der Waals surface area contributed by atoms with E-state index in [9.17, 15) is 24.4 Å². The first-order valence-electron chi connectivity index (χ1n) is 7.03. The summed E-state index contributed by atoms with van der Waals surface area (Å²) in [5.74, 6) is 0.263. The Labute approximate surface area is 135 Å². The summed E-state index contributed by atoms with van der Waals surface area (Å²) in [4.78, 5) is 25.6. The van der Waals surface area contributed by atoms with Crippen LogP contribution in [-0.4, -0.2) is 67.9 Å². The van der Waals surface area contributed by atoms with Crippen molar-refractivity contribution in [2.24, 2.45) is 0 Å². The molecule has 0 radical (unpaired) electrons. The summed E-state index contributed by atoms with van der Waals surface area (Å²) in [6.07, 6.45) is -1.18. The molecule has 23 heavy (non-hydrogen) atoms. The maximum atomic E-state index is 12.0. The van der Waals surface area contributed by atoms with Crippen molar-refractivity contribution < 1.29 is 24.2 Å². The molecule has 1 saturated heterocycles. The minimum absolute atomic E-state index is 0.0972. The maximum absolute atomic E-state index is 12.0. The first kappa shape index (κ1) is 18.2. The standard InChI is InChI=1S/C13H20N2O7S/c1-7-5-15(13(19)14-11(7)18)12-10(21-3-4-23(2)20)9(17)8(6-16)22-12/h5,8-10,12,16-17H,3-4,6H2,1-2H3,(H,14,18,19)/t8-,9?,10?,12-,23?/m0/s1. The van der Waals surface area contributed by atoms with Crippen LogP contribution in [0.2, 0.25) is 0 Å². The third-order valence-electron chi connectivity index (χ3n) is 3.59.